The van der Waals surface area contributed by atoms with Crippen LogP contribution in [0.15, 0.2) is 30.3 Å². The van der Waals surface area contributed by atoms with Crippen molar-refractivity contribution in [2.24, 2.45) is 0 Å². The summed E-state index contributed by atoms with van der Waals surface area (Å²) in [6.45, 7) is 1.53. The average Bonchev–Trinajstić information content (AvgIpc) is 2.85. The van der Waals surface area contributed by atoms with E-state index in [9.17, 15) is 18.4 Å². The number of hydrogen-bond acceptors (Lipinski definition) is 3. The number of carbonyl (C=O) groups is 2. The van der Waals surface area contributed by atoms with Crippen LogP contribution in [0.3, 0.4) is 0 Å². The lowest BCUT2D eigenvalue weighted by atomic mass is 10.1. The second-order valence-corrected chi connectivity index (χ2v) is 7.04. The lowest BCUT2D eigenvalue weighted by Gasteiger charge is -2.24. The maximum Gasteiger partial charge on any atom is 0.262 e. The molecule has 2 fully saturated rings. The van der Waals surface area contributed by atoms with Crippen LogP contribution in [0.2, 0.25) is 0 Å². The van der Waals surface area contributed by atoms with E-state index in [1.165, 1.54) is 0 Å². The predicted octanol–water partition coefficient (Wildman–Crippen LogP) is 1.68. The molecule has 2 saturated heterocycles. The summed E-state index contributed by atoms with van der Waals surface area (Å²) in [7, 11) is 0. The van der Waals surface area contributed by atoms with Gasteiger partial charge >= 0.3 is 0 Å². The molecule has 0 spiro atoms. The lowest BCUT2D eigenvalue weighted by Crippen LogP contribution is -2.45. The van der Waals surface area contributed by atoms with Crippen LogP contribution in [0.1, 0.15) is 24.8 Å². The monoisotopic (exact) mass is 365 g/mol. The van der Waals surface area contributed by atoms with Crippen molar-refractivity contribution in [1.82, 2.24) is 15.1 Å². The Balaban J connectivity index is 1.48. The number of alkyl halides is 2. The first kappa shape index (κ1) is 18.8. The number of carbonyl (C=O) groups excluding carboxylic acids is 2. The fourth-order valence-corrected chi connectivity index (χ4v) is 3.55. The minimum atomic E-state index is -2.81. The summed E-state index contributed by atoms with van der Waals surface area (Å²) < 4.78 is 26.6. The Bertz CT molecular complexity index is 639. The highest BCUT2D eigenvalue weighted by atomic mass is 19.3. The third-order valence-electron chi connectivity index (χ3n) is 5.04. The van der Waals surface area contributed by atoms with Crippen molar-refractivity contribution < 1.29 is 18.4 Å². The molecule has 142 valence electrons. The standard InChI is InChI=1S/C19H25F2N3O2/c20-19(21)13-16(22-14-19)18(26)24-10-4-9-23(11-12-24)17(25)8-7-15-5-2-1-3-6-15/h1-3,5-6,16,22H,4,7-14H2. The van der Waals surface area contributed by atoms with E-state index >= 15 is 0 Å². The predicted molar refractivity (Wildman–Crippen MR) is 93.9 cm³/mol. The maximum absolute atomic E-state index is 13.3. The van der Waals surface area contributed by atoms with Crippen LogP contribution in [0.4, 0.5) is 8.78 Å². The van der Waals surface area contributed by atoms with Gasteiger partial charge in [-0.1, -0.05) is 30.3 Å². The molecule has 1 N–H and O–H groups in total. The molecule has 2 amide bonds. The maximum atomic E-state index is 13.3. The molecule has 0 bridgehead atoms. The first-order valence-electron chi connectivity index (χ1n) is 9.16. The average molecular weight is 365 g/mol. The largest absolute Gasteiger partial charge is 0.341 e. The molecule has 0 radical (unpaired) electrons. The minimum absolute atomic E-state index is 0.0775. The van der Waals surface area contributed by atoms with E-state index in [4.69, 9.17) is 0 Å². The number of halogens is 2. The number of nitrogens with zero attached hydrogens (tertiary/aromatic N) is 2. The summed E-state index contributed by atoms with van der Waals surface area (Å²) in [5.41, 5.74) is 1.13. The Morgan fingerprint density at radius 2 is 1.77 bits per heavy atom. The van der Waals surface area contributed by atoms with Gasteiger partial charge in [0, 0.05) is 39.0 Å². The van der Waals surface area contributed by atoms with Crippen LogP contribution >= 0.6 is 0 Å². The molecular formula is C19H25F2N3O2. The Morgan fingerprint density at radius 3 is 2.46 bits per heavy atom. The molecule has 3 rings (SSSR count). The van der Waals surface area contributed by atoms with Gasteiger partial charge in [-0.2, -0.15) is 0 Å². The summed E-state index contributed by atoms with van der Waals surface area (Å²) in [6, 6.07) is 9.04. The first-order valence-corrected chi connectivity index (χ1v) is 9.16. The molecule has 1 aromatic carbocycles. The van der Waals surface area contributed by atoms with Gasteiger partial charge in [0.2, 0.25) is 11.8 Å². The Hall–Kier alpha value is -2.02. The molecule has 0 saturated carbocycles. The van der Waals surface area contributed by atoms with Crippen molar-refractivity contribution in [2.75, 3.05) is 32.7 Å². The van der Waals surface area contributed by atoms with Gasteiger partial charge in [0.25, 0.3) is 5.92 Å². The van der Waals surface area contributed by atoms with Gasteiger partial charge in [0.15, 0.2) is 0 Å². The molecule has 2 aliphatic rings. The van der Waals surface area contributed by atoms with Gasteiger partial charge in [0.05, 0.1) is 12.6 Å². The molecule has 2 aliphatic heterocycles. The van der Waals surface area contributed by atoms with Crippen molar-refractivity contribution in [3.05, 3.63) is 35.9 Å². The molecule has 1 atom stereocenters. The van der Waals surface area contributed by atoms with E-state index in [1.807, 2.05) is 30.3 Å². The number of hydrogen-bond donors (Lipinski definition) is 1. The Morgan fingerprint density at radius 1 is 1.08 bits per heavy atom. The zero-order valence-electron chi connectivity index (χ0n) is 14.8. The van der Waals surface area contributed by atoms with Crippen LogP contribution in [-0.2, 0) is 16.0 Å². The van der Waals surface area contributed by atoms with Crippen molar-refractivity contribution in [2.45, 2.75) is 37.6 Å². The van der Waals surface area contributed by atoms with Gasteiger partial charge in [-0.3, -0.25) is 14.9 Å². The minimum Gasteiger partial charge on any atom is -0.341 e. The third kappa shape index (κ3) is 4.78. The van der Waals surface area contributed by atoms with Gasteiger partial charge in [-0.05, 0) is 18.4 Å². The summed E-state index contributed by atoms with van der Waals surface area (Å²) in [5, 5.41) is 2.62. The SMILES string of the molecule is O=C(CCc1ccccc1)N1CCCN(C(=O)C2CC(F)(F)CN2)CC1. The fourth-order valence-electron chi connectivity index (χ4n) is 3.55. The highest BCUT2D eigenvalue weighted by molar-refractivity contribution is 5.82. The Labute approximate surface area is 152 Å². The lowest BCUT2D eigenvalue weighted by molar-refractivity contribution is -0.135. The molecule has 1 unspecified atom stereocenters. The molecule has 0 aliphatic carbocycles. The van der Waals surface area contributed by atoms with Crippen LogP contribution in [0.25, 0.3) is 0 Å². The molecule has 1 aromatic rings. The molecular weight excluding hydrogens is 340 g/mol. The fraction of sp³-hybridized carbons (Fsp3) is 0.579. The third-order valence-corrected chi connectivity index (χ3v) is 5.04. The van der Waals surface area contributed by atoms with Crippen LogP contribution in [-0.4, -0.2) is 66.3 Å². The molecule has 26 heavy (non-hydrogen) atoms. The molecule has 2 heterocycles. The second kappa shape index (κ2) is 8.12. The normalized spacial score (nSPS) is 22.9. The second-order valence-electron chi connectivity index (χ2n) is 7.04. The van der Waals surface area contributed by atoms with E-state index in [0.29, 0.717) is 45.4 Å². The quantitative estimate of drug-likeness (QED) is 0.883. The molecule has 5 nitrogen and oxygen atoms in total. The van der Waals surface area contributed by atoms with Crippen molar-refractivity contribution in [1.29, 1.82) is 0 Å². The number of nitrogens with one attached hydrogen (secondary N) is 1. The summed E-state index contributed by atoms with van der Waals surface area (Å²) in [6.07, 6.45) is 1.36. The highest BCUT2D eigenvalue weighted by Crippen LogP contribution is 2.26. The topological polar surface area (TPSA) is 52.7 Å². The van der Waals surface area contributed by atoms with Gasteiger partial charge in [-0.15, -0.1) is 0 Å². The van der Waals surface area contributed by atoms with E-state index in [1.54, 1.807) is 9.80 Å². The summed E-state index contributed by atoms with van der Waals surface area (Å²) in [5.74, 6) is -3.01. The smallest absolute Gasteiger partial charge is 0.262 e. The van der Waals surface area contributed by atoms with E-state index < -0.39 is 24.9 Å². The molecule has 0 aromatic heterocycles. The summed E-state index contributed by atoms with van der Waals surface area (Å²) in [4.78, 5) is 28.3. The van der Waals surface area contributed by atoms with Crippen molar-refractivity contribution in [3.63, 3.8) is 0 Å². The van der Waals surface area contributed by atoms with Crippen LogP contribution < -0.4 is 5.32 Å². The molecule has 7 heteroatoms. The van der Waals surface area contributed by atoms with E-state index in [-0.39, 0.29) is 11.8 Å². The van der Waals surface area contributed by atoms with Crippen LogP contribution in [0.5, 0.6) is 0 Å². The number of amides is 2. The first-order chi connectivity index (χ1) is 12.4. The van der Waals surface area contributed by atoms with Crippen molar-refractivity contribution >= 4 is 11.8 Å². The van der Waals surface area contributed by atoms with Gasteiger partial charge < -0.3 is 9.80 Å². The number of rotatable bonds is 4. The van der Waals surface area contributed by atoms with E-state index in [0.717, 1.165) is 5.56 Å². The highest BCUT2D eigenvalue weighted by Gasteiger charge is 2.43. The van der Waals surface area contributed by atoms with E-state index in [2.05, 4.69) is 5.32 Å². The van der Waals surface area contributed by atoms with Crippen molar-refractivity contribution in [3.8, 4) is 0 Å². The van der Waals surface area contributed by atoms with Gasteiger partial charge in [0.1, 0.15) is 0 Å². The zero-order valence-corrected chi connectivity index (χ0v) is 14.8. The number of benzene rings is 1. The Kier molecular flexibility index (Phi) is 5.86. The number of aryl methyl sites for hydroxylation is 1. The summed E-state index contributed by atoms with van der Waals surface area (Å²) >= 11 is 0. The zero-order chi connectivity index (χ0) is 18.6. The van der Waals surface area contributed by atoms with Crippen LogP contribution in [0, 0.1) is 0 Å². The van der Waals surface area contributed by atoms with Gasteiger partial charge in [-0.25, -0.2) is 8.78 Å².